The van der Waals surface area contributed by atoms with Crippen LogP contribution in [-0.2, 0) is 0 Å². The van der Waals surface area contributed by atoms with Crippen LogP contribution < -0.4 is 0 Å². The maximum absolute atomic E-state index is 10.3. The van der Waals surface area contributed by atoms with Gasteiger partial charge < -0.3 is 5.11 Å². The molecule has 1 unspecified atom stereocenters. The Morgan fingerprint density at radius 1 is 1.29 bits per heavy atom. The highest BCUT2D eigenvalue weighted by Gasteiger charge is 2.15. The third-order valence-corrected chi connectivity index (χ3v) is 2.28. The van der Waals surface area contributed by atoms with Crippen molar-refractivity contribution >= 4 is 23.3 Å². The average molecular weight is 255 g/mol. The van der Waals surface area contributed by atoms with Crippen molar-refractivity contribution < 1.29 is 10.0 Å². The van der Waals surface area contributed by atoms with E-state index in [1.54, 1.807) is 18.2 Å². The summed E-state index contributed by atoms with van der Waals surface area (Å²) in [7, 11) is 0. The third kappa shape index (κ3) is 3.12. The van der Waals surface area contributed by atoms with Crippen molar-refractivity contribution in [2.75, 3.05) is 6.54 Å². The zero-order chi connectivity index (χ0) is 11.5. The van der Waals surface area contributed by atoms with E-state index in [9.17, 15) is 15.2 Å². The predicted octanol–water partition coefficient (Wildman–Crippen LogP) is 1.97. The number of aliphatic hydroxyl groups excluding tert-OH is 1. The van der Waals surface area contributed by atoms with Crippen molar-refractivity contribution in [1.82, 2.24) is 4.98 Å². The minimum absolute atomic E-state index is 0. The van der Waals surface area contributed by atoms with Gasteiger partial charge >= 0.3 is 0 Å². The first kappa shape index (κ1) is 13.3. The molecule has 1 aromatic heterocycles. The summed E-state index contributed by atoms with van der Waals surface area (Å²) < 4.78 is 0. The van der Waals surface area contributed by atoms with Gasteiger partial charge in [0.25, 0.3) is 0 Å². The first-order chi connectivity index (χ1) is 7.66. The maximum atomic E-state index is 10.3. The van der Waals surface area contributed by atoms with Gasteiger partial charge in [-0.25, -0.2) is 4.98 Å². The van der Waals surface area contributed by atoms with Gasteiger partial charge in [0.15, 0.2) is 6.10 Å². The summed E-state index contributed by atoms with van der Waals surface area (Å²) in [5, 5.41) is 20.8. The number of hydrogen-bond donors (Lipinski definition) is 1. The molecule has 0 saturated heterocycles. The lowest BCUT2D eigenvalue weighted by Gasteiger charge is -2.06. The number of aliphatic hydroxyl groups is 1. The van der Waals surface area contributed by atoms with E-state index in [1.807, 2.05) is 18.2 Å². The van der Waals surface area contributed by atoms with Crippen LogP contribution in [0.1, 0.15) is 11.8 Å². The number of para-hydroxylation sites is 1. The lowest BCUT2D eigenvalue weighted by molar-refractivity contribution is -0.491. The lowest BCUT2D eigenvalue weighted by Crippen LogP contribution is -2.13. The molecule has 1 N–H and O–H groups in total. The summed E-state index contributed by atoms with van der Waals surface area (Å²) in [5.41, 5.74) is 1.05. The number of benzene rings is 1. The Hall–Kier alpha value is -1.72. The normalized spacial score (nSPS) is 11.8. The van der Waals surface area contributed by atoms with Gasteiger partial charge in [-0.2, -0.15) is 0 Å². The van der Waals surface area contributed by atoms with Crippen LogP contribution in [-0.4, -0.2) is 21.6 Å². The van der Waals surface area contributed by atoms with E-state index < -0.39 is 17.6 Å². The summed E-state index contributed by atoms with van der Waals surface area (Å²) in [6.45, 7) is -0.522. The van der Waals surface area contributed by atoms with E-state index in [0.29, 0.717) is 5.69 Å². The molecule has 1 aromatic carbocycles. The van der Waals surface area contributed by atoms with Crippen molar-refractivity contribution in [1.29, 1.82) is 0 Å². The van der Waals surface area contributed by atoms with E-state index in [1.165, 1.54) is 0 Å². The molecular formula is C11H11ClN2O3. The number of pyridine rings is 1. The molecule has 0 amide bonds. The zero-order valence-electron chi connectivity index (χ0n) is 8.81. The average Bonchev–Trinajstić information content (AvgIpc) is 2.27. The predicted molar refractivity (Wildman–Crippen MR) is 65.8 cm³/mol. The number of hydrogen-bond acceptors (Lipinski definition) is 4. The number of fused-ring (bicyclic) bond motifs is 1. The van der Waals surface area contributed by atoms with Crippen molar-refractivity contribution in [3.63, 3.8) is 0 Å². The Morgan fingerprint density at radius 3 is 2.71 bits per heavy atom. The summed E-state index contributed by atoms with van der Waals surface area (Å²) in [4.78, 5) is 13.9. The van der Waals surface area contributed by atoms with Crippen molar-refractivity contribution in [3.8, 4) is 0 Å². The lowest BCUT2D eigenvalue weighted by atomic mass is 10.1. The molecule has 6 heteroatoms. The molecule has 0 radical (unpaired) electrons. The van der Waals surface area contributed by atoms with E-state index in [0.717, 1.165) is 10.9 Å². The Bertz CT molecular complexity index is 533. The fourth-order valence-electron chi connectivity index (χ4n) is 1.50. The molecule has 0 saturated carbocycles. The fourth-order valence-corrected chi connectivity index (χ4v) is 1.50. The highest BCUT2D eigenvalue weighted by atomic mass is 35.5. The van der Waals surface area contributed by atoms with Crippen LogP contribution >= 0.6 is 12.4 Å². The second kappa shape index (κ2) is 5.56. The van der Waals surface area contributed by atoms with Crippen LogP contribution in [0.2, 0.25) is 0 Å². The topological polar surface area (TPSA) is 76.3 Å². The number of aromatic nitrogens is 1. The molecule has 0 aliphatic rings. The largest absolute Gasteiger partial charge is 0.380 e. The molecule has 0 bridgehead atoms. The van der Waals surface area contributed by atoms with Crippen LogP contribution in [0.5, 0.6) is 0 Å². The number of halogens is 1. The highest BCUT2D eigenvalue weighted by Crippen LogP contribution is 2.16. The van der Waals surface area contributed by atoms with Crippen LogP contribution in [0.4, 0.5) is 0 Å². The smallest absolute Gasteiger partial charge is 0.235 e. The molecule has 0 aliphatic carbocycles. The van der Waals surface area contributed by atoms with Crippen molar-refractivity contribution in [2.24, 2.45) is 0 Å². The molecule has 1 heterocycles. The van der Waals surface area contributed by atoms with E-state index >= 15 is 0 Å². The van der Waals surface area contributed by atoms with Gasteiger partial charge in [0, 0.05) is 10.3 Å². The van der Waals surface area contributed by atoms with Gasteiger partial charge in [0.1, 0.15) is 0 Å². The molecule has 0 spiro atoms. The van der Waals surface area contributed by atoms with Crippen LogP contribution in [0, 0.1) is 10.1 Å². The Kier molecular flexibility index (Phi) is 4.37. The van der Waals surface area contributed by atoms with Crippen LogP contribution in [0.25, 0.3) is 10.9 Å². The highest BCUT2D eigenvalue weighted by molar-refractivity contribution is 5.85. The Balaban J connectivity index is 0.00000144. The van der Waals surface area contributed by atoms with Gasteiger partial charge in [-0.05, 0) is 12.1 Å². The molecule has 90 valence electrons. The Morgan fingerprint density at radius 2 is 2.00 bits per heavy atom. The van der Waals surface area contributed by atoms with Gasteiger partial charge in [-0.1, -0.05) is 24.3 Å². The van der Waals surface area contributed by atoms with E-state index in [-0.39, 0.29) is 12.4 Å². The van der Waals surface area contributed by atoms with Gasteiger partial charge in [-0.15, -0.1) is 12.4 Å². The van der Waals surface area contributed by atoms with E-state index in [2.05, 4.69) is 4.98 Å². The SMILES string of the molecule is Cl.O=[N+]([O-])CC(O)c1ccc2ccccc2n1. The quantitative estimate of drug-likeness (QED) is 0.671. The maximum Gasteiger partial charge on any atom is 0.235 e. The van der Waals surface area contributed by atoms with Gasteiger partial charge in [0.05, 0.1) is 11.2 Å². The first-order valence-electron chi connectivity index (χ1n) is 4.82. The molecule has 2 rings (SSSR count). The fraction of sp³-hybridized carbons (Fsp3) is 0.182. The number of nitro groups is 1. The molecule has 1 atom stereocenters. The summed E-state index contributed by atoms with van der Waals surface area (Å²) in [5.74, 6) is 0. The van der Waals surface area contributed by atoms with Crippen LogP contribution in [0.15, 0.2) is 36.4 Å². The molecule has 17 heavy (non-hydrogen) atoms. The summed E-state index contributed by atoms with van der Waals surface area (Å²) >= 11 is 0. The van der Waals surface area contributed by atoms with Gasteiger partial charge in [0.2, 0.25) is 6.54 Å². The zero-order valence-corrected chi connectivity index (χ0v) is 9.63. The molecule has 0 fully saturated rings. The summed E-state index contributed by atoms with van der Waals surface area (Å²) in [6, 6.07) is 10.8. The molecular weight excluding hydrogens is 244 g/mol. The third-order valence-electron chi connectivity index (χ3n) is 2.28. The minimum atomic E-state index is -1.15. The number of rotatable bonds is 3. The minimum Gasteiger partial charge on any atom is -0.380 e. The standard InChI is InChI=1S/C11H10N2O3.ClH/c14-11(7-13(15)16)10-6-5-8-3-1-2-4-9(8)12-10;/h1-6,11,14H,7H2;1H. The monoisotopic (exact) mass is 254 g/mol. The van der Waals surface area contributed by atoms with Crippen LogP contribution in [0.3, 0.4) is 0 Å². The summed E-state index contributed by atoms with van der Waals surface area (Å²) in [6.07, 6.45) is -1.15. The second-order valence-electron chi connectivity index (χ2n) is 3.46. The molecule has 0 aliphatic heterocycles. The Labute approximate surface area is 104 Å². The second-order valence-corrected chi connectivity index (χ2v) is 3.46. The van der Waals surface area contributed by atoms with Crippen molar-refractivity contribution in [3.05, 3.63) is 52.2 Å². The van der Waals surface area contributed by atoms with E-state index in [4.69, 9.17) is 0 Å². The molecule has 5 nitrogen and oxygen atoms in total. The first-order valence-corrected chi connectivity index (χ1v) is 4.82. The molecule has 2 aromatic rings. The van der Waals surface area contributed by atoms with Gasteiger partial charge in [-0.3, -0.25) is 10.1 Å². The van der Waals surface area contributed by atoms with Crippen molar-refractivity contribution in [2.45, 2.75) is 6.10 Å². The number of nitrogens with zero attached hydrogens (tertiary/aromatic N) is 2.